The van der Waals surface area contributed by atoms with E-state index in [1.54, 1.807) is 0 Å². The highest BCUT2D eigenvalue weighted by atomic mass is 16.4. The zero-order valence-corrected chi connectivity index (χ0v) is 19.3. The molecule has 3 unspecified atom stereocenters. The first-order chi connectivity index (χ1) is 15.8. The molecule has 1 amide bonds. The number of amides is 1. The summed E-state index contributed by atoms with van der Waals surface area (Å²) in [5.41, 5.74) is 7.37. The van der Waals surface area contributed by atoms with Crippen molar-refractivity contribution in [2.24, 2.45) is 17.3 Å². The van der Waals surface area contributed by atoms with Crippen LogP contribution < -0.4 is 5.32 Å². The Morgan fingerprint density at radius 3 is 2.85 bits per heavy atom. The van der Waals surface area contributed by atoms with E-state index in [1.807, 2.05) is 19.2 Å². The number of aryl methyl sites for hydroxylation is 2. The van der Waals surface area contributed by atoms with Gasteiger partial charge in [-0.3, -0.25) is 9.59 Å². The summed E-state index contributed by atoms with van der Waals surface area (Å²) in [6.07, 6.45) is 9.88. The second-order valence-electron chi connectivity index (χ2n) is 10.2. The van der Waals surface area contributed by atoms with Crippen LogP contribution in [0.25, 0.3) is 5.57 Å². The fraction of sp³-hybridized carbons (Fsp3) is 0.481. The molecule has 33 heavy (non-hydrogen) atoms. The summed E-state index contributed by atoms with van der Waals surface area (Å²) in [7, 11) is 0. The Morgan fingerprint density at radius 2 is 2.06 bits per heavy atom. The van der Waals surface area contributed by atoms with Gasteiger partial charge in [0.05, 0.1) is 18.3 Å². The van der Waals surface area contributed by atoms with Crippen molar-refractivity contribution in [1.82, 2.24) is 10.2 Å². The van der Waals surface area contributed by atoms with Gasteiger partial charge in [-0.15, -0.1) is 0 Å². The quantitative estimate of drug-likeness (QED) is 0.665. The molecular weight excluding hydrogens is 414 g/mol. The average molecular weight is 446 g/mol. The van der Waals surface area contributed by atoms with E-state index in [2.05, 4.69) is 46.7 Å². The molecule has 1 aromatic heterocycles. The Labute approximate surface area is 194 Å². The monoisotopic (exact) mass is 445 g/mol. The Balaban J connectivity index is 1.33. The molecule has 3 aliphatic carbocycles. The van der Waals surface area contributed by atoms with Crippen molar-refractivity contribution in [3.63, 3.8) is 0 Å². The van der Waals surface area contributed by atoms with Crippen LogP contribution in [-0.2, 0) is 16.0 Å². The highest BCUT2D eigenvalue weighted by Gasteiger charge is 2.51. The lowest BCUT2D eigenvalue weighted by Gasteiger charge is -2.50. The minimum atomic E-state index is -0.953. The largest absolute Gasteiger partial charge is 0.481 e. The molecule has 2 N–H and O–H groups in total. The van der Waals surface area contributed by atoms with Crippen molar-refractivity contribution in [3.8, 4) is 0 Å². The maximum Gasteiger partial charge on any atom is 0.303 e. The summed E-state index contributed by atoms with van der Waals surface area (Å²) in [5.74, 6) is 0.671. The van der Waals surface area contributed by atoms with Crippen molar-refractivity contribution >= 4 is 23.1 Å². The number of carboxylic acid groups (broad SMARTS) is 1. The van der Waals surface area contributed by atoms with Gasteiger partial charge in [0.2, 0.25) is 5.91 Å². The zero-order valence-electron chi connectivity index (χ0n) is 19.3. The molecule has 4 atom stereocenters. The third-order valence-corrected chi connectivity index (χ3v) is 8.24. The first-order valence-electron chi connectivity index (χ1n) is 12.0. The van der Waals surface area contributed by atoms with Gasteiger partial charge in [0.15, 0.2) is 0 Å². The van der Waals surface area contributed by atoms with Crippen LogP contribution in [0.5, 0.6) is 0 Å². The van der Waals surface area contributed by atoms with Crippen molar-refractivity contribution in [2.75, 3.05) is 5.32 Å². The number of aliphatic carboxylic acids is 1. The molecule has 0 radical (unpaired) electrons. The van der Waals surface area contributed by atoms with Crippen LogP contribution >= 0.6 is 0 Å². The lowest BCUT2D eigenvalue weighted by atomic mass is 9.54. The molecule has 1 heterocycles. The summed E-state index contributed by atoms with van der Waals surface area (Å²) < 4.78 is 0. The topological polar surface area (TPSA) is 92.2 Å². The predicted octanol–water partition coefficient (Wildman–Crippen LogP) is 5.14. The fourth-order valence-corrected chi connectivity index (χ4v) is 6.74. The Bertz CT molecular complexity index is 1140. The van der Waals surface area contributed by atoms with Gasteiger partial charge in [-0.2, -0.15) is 10.2 Å². The lowest BCUT2D eigenvalue weighted by molar-refractivity contribution is -0.138. The number of anilines is 1. The van der Waals surface area contributed by atoms with Gasteiger partial charge in [-0.1, -0.05) is 19.1 Å². The average Bonchev–Trinajstić information content (AvgIpc) is 3.14. The number of aromatic nitrogens is 2. The zero-order chi connectivity index (χ0) is 23.2. The SMILES string of the molecule is Cc1cc(C2=CCC3C4CCc5cc(NC(=O)CCC(=O)O)ccc5C4CC[C@]23C)cnn1. The van der Waals surface area contributed by atoms with Crippen molar-refractivity contribution < 1.29 is 14.7 Å². The highest BCUT2D eigenvalue weighted by molar-refractivity contribution is 5.92. The number of nitrogens with zero attached hydrogens (tertiary/aromatic N) is 2. The van der Waals surface area contributed by atoms with Crippen LogP contribution in [0.2, 0.25) is 0 Å². The van der Waals surface area contributed by atoms with Crippen LogP contribution in [-0.4, -0.2) is 27.2 Å². The van der Waals surface area contributed by atoms with Crippen LogP contribution in [0.1, 0.15) is 73.8 Å². The summed E-state index contributed by atoms with van der Waals surface area (Å²) in [4.78, 5) is 22.8. The molecular formula is C27H31N3O3. The fourth-order valence-electron chi connectivity index (χ4n) is 6.74. The first kappa shape index (κ1) is 21.8. The Hall–Kier alpha value is -3.02. The number of hydrogen-bond donors (Lipinski definition) is 2. The van der Waals surface area contributed by atoms with E-state index in [0.29, 0.717) is 17.8 Å². The number of carbonyl (C=O) groups is 2. The van der Waals surface area contributed by atoms with Crippen molar-refractivity contribution in [3.05, 3.63) is 58.9 Å². The molecule has 0 aliphatic heterocycles. The van der Waals surface area contributed by atoms with Crippen LogP contribution in [0, 0.1) is 24.2 Å². The van der Waals surface area contributed by atoms with Crippen LogP contribution in [0.4, 0.5) is 5.69 Å². The maximum absolute atomic E-state index is 12.1. The van der Waals surface area contributed by atoms with Crippen molar-refractivity contribution in [2.45, 2.75) is 64.7 Å². The number of allylic oxidation sites excluding steroid dienone is 2. The minimum absolute atomic E-state index is 0.000759. The molecule has 5 rings (SSSR count). The van der Waals surface area contributed by atoms with Gasteiger partial charge in [-0.25, -0.2) is 0 Å². The standard InChI is InChI=1S/C27H31N3O3/c1-16-13-18(15-28-30-16)23-7-8-24-22-5-3-17-14-19(29-25(31)9-10-26(32)33)4-6-20(17)21(22)11-12-27(23,24)2/h4,6-7,13-15,21-22,24H,3,5,8-12H2,1-2H3,(H,29,31)(H,32,33)/t21?,22?,24?,27-/m1/s1. The summed E-state index contributed by atoms with van der Waals surface area (Å²) >= 11 is 0. The lowest BCUT2D eigenvalue weighted by Crippen LogP contribution is -2.40. The summed E-state index contributed by atoms with van der Waals surface area (Å²) in [6.45, 7) is 4.46. The molecule has 6 heteroatoms. The van der Waals surface area contributed by atoms with E-state index < -0.39 is 5.97 Å². The Kier molecular flexibility index (Phi) is 5.55. The molecule has 0 spiro atoms. The predicted molar refractivity (Wildman–Crippen MR) is 127 cm³/mol. The smallest absolute Gasteiger partial charge is 0.303 e. The van der Waals surface area contributed by atoms with Gasteiger partial charge in [0, 0.05) is 12.1 Å². The van der Waals surface area contributed by atoms with E-state index in [1.165, 1.54) is 41.5 Å². The number of fused-ring (bicyclic) bond motifs is 5. The number of rotatable bonds is 5. The van der Waals surface area contributed by atoms with Gasteiger partial charge in [0.1, 0.15) is 0 Å². The maximum atomic E-state index is 12.1. The highest BCUT2D eigenvalue weighted by Crippen LogP contribution is 2.63. The molecule has 3 aliphatic rings. The molecule has 1 aromatic carbocycles. The minimum Gasteiger partial charge on any atom is -0.481 e. The van der Waals surface area contributed by atoms with Crippen LogP contribution in [0.15, 0.2) is 36.5 Å². The Morgan fingerprint density at radius 1 is 1.21 bits per heavy atom. The number of benzene rings is 1. The third-order valence-electron chi connectivity index (χ3n) is 8.24. The van der Waals surface area contributed by atoms with Gasteiger partial charge in [-0.05, 0) is 103 Å². The molecule has 0 bridgehead atoms. The number of carboxylic acids is 1. The summed E-state index contributed by atoms with van der Waals surface area (Å²) in [6, 6.07) is 8.45. The number of hydrogen-bond acceptors (Lipinski definition) is 4. The summed E-state index contributed by atoms with van der Waals surface area (Å²) in [5, 5.41) is 20.0. The van der Waals surface area contributed by atoms with E-state index in [0.717, 1.165) is 24.2 Å². The molecule has 6 nitrogen and oxygen atoms in total. The first-order valence-corrected chi connectivity index (χ1v) is 12.0. The van der Waals surface area contributed by atoms with Gasteiger partial charge >= 0.3 is 5.97 Å². The van der Waals surface area contributed by atoms with E-state index in [-0.39, 0.29) is 24.2 Å². The van der Waals surface area contributed by atoms with E-state index in [9.17, 15) is 9.59 Å². The van der Waals surface area contributed by atoms with Crippen molar-refractivity contribution in [1.29, 1.82) is 0 Å². The number of carbonyl (C=O) groups excluding carboxylic acids is 1. The van der Waals surface area contributed by atoms with Gasteiger partial charge < -0.3 is 10.4 Å². The van der Waals surface area contributed by atoms with E-state index >= 15 is 0 Å². The molecule has 1 fully saturated rings. The molecule has 2 aromatic rings. The van der Waals surface area contributed by atoms with E-state index in [4.69, 9.17) is 5.11 Å². The van der Waals surface area contributed by atoms with Crippen LogP contribution in [0.3, 0.4) is 0 Å². The second-order valence-corrected chi connectivity index (χ2v) is 10.2. The molecule has 1 saturated carbocycles. The molecule has 0 saturated heterocycles. The normalized spacial score (nSPS) is 27.7. The van der Waals surface area contributed by atoms with Gasteiger partial charge in [0.25, 0.3) is 0 Å². The molecule has 172 valence electrons. The number of nitrogens with one attached hydrogen (secondary N) is 1. The second kappa shape index (κ2) is 8.40. The third kappa shape index (κ3) is 3.96.